The van der Waals surface area contributed by atoms with E-state index in [1.54, 1.807) is 0 Å². The van der Waals surface area contributed by atoms with Gasteiger partial charge in [0.05, 0.1) is 0 Å². The van der Waals surface area contributed by atoms with Gasteiger partial charge in [0.25, 0.3) is 0 Å². The molecule has 2 aliphatic heterocycles. The first kappa shape index (κ1) is 16.1. The third-order valence-corrected chi connectivity index (χ3v) is 4.96. The lowest BCUT2D eigenvalue weighted by Crippen LogP contribution is -2.47. The van der Waals surface area contributed by atoms with Crippen molar-refractivity contribution >= 4 is 11.9 Å². The molecule has 7 heteroatoms. The van der Waals surface area contributed by atoms with Gasteiger partial charge in [0.15, 0.2) is 11.5 Å². The number of fused-ring (bicyclic) bond motifs is 1. The van der Waals surface area contributed by atoms with Gasteiger partial charge in [-0.1, -0.05) is 6.07 Å². The van der Waals surface area contributed by atoms with E-state index in [1.807, 2.05) is 23.1 Å². The summed E-state index contributed by atoms with van der Waals surface area (Å²) >= 11 is 0. The molecule has 0 bridgehead atoms. The standard InChI is InChI=1S/C18H23N3O4/c22-17(19-10-12-1-4-15-16(9-12)25-11-24-15)13-5-7-21(8-6-13)18(23)20-14-2-3-14/h1,4,9,13-14H,2-3,5-8,10-11H2,(H,19,22)(H,20,23). The minimum Gasteiger partial charge on any atom is -0.454 e. The number of ether oxygens (including phenoxy) is 2. The van der Waals surface area contributed by atoms with Gasteiger partial charge in [0.1, 0.15) is 0 Å². The summed E-state index contributed by atoms with van der Waals surface area (Å²) in [6.45, 7) is 2.00. The molecular formula is C18H23N3O4. The predicted molar refractivity (Wildman–Crippen MR) is 90.3 cm³/mol. The molecule has 2 N–H and O–H groups in total. The summed E-state index contributed by atoms with van der Waals surface area (Å²) in [7, 11) is 0. The molecule has 1 aliphatic carbocycles. The topological polar surface area (TPSA) is 79.9 Å². The number of nitrogens with one attached hydrogen (secondary N) is 2. The maximum Gasteiger partial charge on any atom is 0.317 e. The fraction of sp³-hybridized carbons (Fsp3) is 0.556. The summed E-state index contributed by atoms with van der Waals surface area (Å²) in [5.41, 5.74) is 0.985. The van der Waals surface area contributed by atoms with E-state index in [9.17, 15) is 9.59 Å². The van der Waals surface area contributed by atoms with E-state index in [1.165, 1.54) is 0 Å². The van der Waals surface area contributed by atoms with Crippen LogP contribution in [0, 0.1) is 5.92 Å². The van der Waals surface area contributed by atoms with E-state index >= 15 is 0 Å². The molecule has 0 unspecified atom stereocenters. The van der Waals surface area contributed by atoms with Gasteiger partial charge in [0, 0.05) is 31.6 Å². The highest BCUT2D eigenvalue weighted by molar-refractivity contribution is 5.79. The molecule has 4 rings (SSSR count). The van der Waals surface area contributed by atoms with Crippen LogP contribution in [0.1, 0.15) is 31.2 Å². The second-order valence-electron chi connectivity index (χ2n) is 6.89. The Morgan fingerprint density at radius 1 is 1.08 bits per heavy atom. The lowest BCUT2D eigenvalue weighted by Gasteiger charge is -2.31. The van der Waals surface area contributed by atoms with E-state index in [0.29, 0.717) is 38.5 Å². The first-order chi connectivity index (χ1) is 12.2. The molecule has 7 nitrogen and oxygen atoms in total. The van der Waals surface area contributed by atoms with Crippen LogP contribution in [0.2, 0.25) is 0 Å². The van der Waals surface area contributed by atoms with Crippen LogP contribution < -0.4 is 20.1 Å². The van der Waals surface area contributed by atoms with Crippen LogP contribution in [0.25, 0.3) is 0 Å². The Bertz CT molecular complexity index is 666. The van der Waals surface area contributed by atoms with Crippen molar-refractivity contribution in [3.8, 4) is 11.5 Å². The zero-order valence-corrected chi connectivity index (χ0v) is 14.1. The molecule has 25 heavy (non-hydrogen) atoms. The molecule has 3 aliphatic rings. The molecule has 0 radical (unpaired) electrons. The van der Waals surface area contributed by atoms with E-state index in [2.05, 4.69) is 10.6 Å². The number of nitrogens with zero attached hydrogens (tertiary/aromatic N) is 1. The minimum atomic E-state index is -0.0287. The lowest BCUT2D eigenvalue weighted by atomic mass is 9.96. The number of rotatable bonds is 4. The smallest absolute Gasteiger partial charge is 0.317 e. The van der Waals surface area contributed by atoms with E-state index in [0.717, 1.165) is 29.9 Å². The van der Waals surface area contributed by atoms with Crippen molar-refractivity contribution in [3.63, 3.8) is 0 Å². The van der Waals surface area contributed by atoms with Gasteiger partial charge < -0.3 is 25.0 Å². The van der Waals surface area contributed by atoms with Crippen LogP contribution in [0.15, 0.2) is 18.2 Å². The molecule has 1 aromatic rings. The van der Waals surface area contributed by atoms with Crippen molar-refractivity contribution in [1.29, 1.82) is 0 Å². The SMILES string of the molecule is O=C(NCc1ccc2c(c1)OCO2)C1CCN(C(=O)NC2CC2)CC1. The fourth-order valence-corrected chi connectivity index (χ4v) is 3.22. The number of piperidine rings is 1. The number of hydrogen-bond acceptors (Lipinski definition) is 4. The molecule has 0 aromatic heterocycles. The first-order valence-corrected chi connectivity index (χ1v) is 8.91. The Kier molecular flexibility index (Phi) is 4.38. The van der Waals surface area contributed by atoms with Gasteiger partial charge in [-0.25, -0.2) is 4.79 Å². The zero-order valence-electron chi connectivity index (χ0n) is 14.1. The van der Waals surface area contributed by atoms with Gasteiger partial charge in [-0.15, -0.1) is 0 Å². The molecule has 1 aromatic carbocycles. The lowest BCUT2D eigenvalue weighted by molar-refractivity contribution is -0.126. The maximum atomic E-state index is 12.4. The second-order valence-corrected chi connectivity index (χ2v) is 6.89. The fourth-order valence-electron chi connectivity index (χ4n) is 3.22. The number of urea groups is 1. The Morgan fingerprint density at radius 2 is 1.84 bits per heavy atom. The highest BCUT2D eigenvalue weighted by atomic mass is 16.7. The summed E-state index contributed by atoms with van der Waals surface area (Å²) in [5, 5.41) is 5.99. The van der Waals surface area contributed by atoms with E-state index in [4.69, 9.17) is 9.47 Å². The third-order valence-electron chi connectivity index (χ3n) is 4.96. The van der Waals surface area contributed by atoms with Gasteiger partial charge in [-0.3, -0.25) is 4.79 Å². The Hall–Kier alpha value is -2.44. The minimum absolute atomic E-state index is 0.0155. The summed E-state index contributed by atoms with van der Waals surface area (Å²) in [6, 6.07) is 6.07. The van der Waals surface area contributed by atoms with Crippen molar-refractivity contribution in [3.05, 3.63) is 23.8 Å². The average Bonchev–Trinajstić information content (AvgIpc) is 3.33. The largest absolute Gasteiger partial charge is 0.454 e. The monoisotopic (exact) mass is 345 g/mol. The number of amides is 3. The summed E-state index contributed by atoms with van der Waals surface area (Å²) < 4.78 is 10.6. The Labute approximate surface area is 146 Å². The first-order valence-electron chi connectivity index (χ1n) is 8.91. The number of carbonyl (C=O) groups excluding carboxylic acids is 2. The predicted octanol–water partition coefficient (Wildman–Crippen LogP) is 1.62. The molecule has 3 amide bonds. The molecular weight excluding hydrogens is 322 g/mol. The van der Waals surface area contributed by atoms with Crippen LogP contribution in [0.5, 0.6) is 11.5 Å². The van der Waals surface area contributed by atoms with Crippen molar-refractivity contribution in [2.45, 2.75) is 38.3 Å². The zero-order chi connectivity index (χ0) is 17.2. The molecule has 0 spiro atoms. The van der Waals surface area contributed by atoms with Crippen LogP contribution >= 0.6 is 0 Å². The Balaban J connectivity index is 1.23. The average molecular weight is 345 g/mol. The van der Waals surface area contributed by atoms with Gasteiger partial charge in [-0.05, 0) is 43.4 Å². The second kappa shape index (κ2) is 6.82. The molecule has 0 atom stereocenters. The summed E-state index contributed by atoms with van der Waals surface area (Å²) in [5.74, 6) is 1.49. The number of likely N-dealkylation sites (tertiary alicyclic amines) is 1. The molecule has 2 heterocycles. The van der Waals surface area contributed by atoms with Crippen LogP contribution in [-0.2, 0) is 11.3 Å². The van der Waals surface area contributed by atoms with E-state index in [-0.39, 0.29) is 24.6 Å². The van der Waals surface area contributed by atoms with Gasteiger partial charge in [-0.2, -0.15) is 0 Å². The third kappa shape index (κ3) is 3.81. The number of hydrogen-bond donors (Lipinski definition) is 2. The quantitative estimate of drug-likeness (QED) is 0.869. The summed E-state index contributed by atoms with van der Waals surface area (Å²) in [6.07, 6.45) is 3.60. The Morgan fingerprint density at radius 3 is 2.60 bits per heavy atom. The van der Waals surface area contributed by atoms with Gasteiger partial charge in [0.2, 0.25) is 12.7 Å². The van der Waals surface area contributed by atoms with Crippen molar-refractivity contribution in [2.24, 2.45) is 5.92 Å². The highest BCUT2D eigenvalue weighted by Crippen LogP contribution is 2.32. The van der Waals surface area contributed by atoms with Crippen LogP contribution in [0.3, 0.4) is 0 Å². The number of carbonyl (C=O) groups is 2. The normalized spacial score (nSPS) is 19.6. The van der Waals surface area contributed by atoms with Gasteiger partial charge >= 0.3 is 6.03 Å². The molecule has 134 valence electrons. The van der Waals surface area contributed by atoms with Crippen molar-refractivity contribution in [1.82, 2.24) is 15.5 Å². The van der Waals surface area contributed by atoms with E-state index < -0.39 is 0 Å². The highest BCUT2D eigenvalue weighted by Gasteiger charge is 2.30. The molecule has 2 fully saturated rings. The number of benzene rings is 1. The van der Waals surface area contributed by atoms with Crippen LogP contribution in [-0.4, -0.2) is 42.8 Å². The van der Waals surface area contributed by atoms with Crippen molar-refractivity contribution < 1.29 is 19.1 Å². The van der Waals surface area contributed by atoms with Crippen LogP contribution in [0.4, 0.5) is 4.79 Å². The molecule has 1 saturated heterocycles. The maximum absolute atomic E-state index is 12.4. The van der Waals surface area contributed by atoms with Crippen molar-refractivity contribution in [2.75, 3.05) is 19.9 Å². The summed E-state index contributed by atoms with van der Waals surface area (Å²) in [4.78, 5) is 26.2. The molecule has 1 saturated carbocycles.